The van der Waals surface area contributed by atoms with Gasteiger partial charge >= 0.3 is 0 Å². The lowest BCUT2D eigenvalue weighted by molar-refractivity contribution is -0.113. The number of nitrogens with one attached hydrogen (secondary N) is 2. The molecule has 2 amide bonds. The van der Waals surface area contributed by atoms with Gasteiger partial charge in [0.2, 0.25) is 0 Å². The zero-order valence-electron chi connectivity index (χ0n) is 9.79. The van der Waals surface area contributed by atoms with Gasteiger partial charge in [-0.3, -0.25) is 9.59 Å². The zero-order chi connectivity index (χ0) is 13.7. The molecule has 0 fully saturated rings. The topological polar surface area (TPSA) is 71.1 Å². The molecule has 0 spiro atoms. The summed E-state index contributed by atoms with van der Waals surface area (Å²) < 4.78 is 0.353. The second-order valence-electron chi connectivity index (χ2n) is 3.50. The molecule has 0 saturated carbocycles. The molecule has 1 heterocycles. The molecule has 0 atom stereocenters. The second-order valence-corrected chi connectivity index (χ2v) is 4.80. The van der Waals surface area contributed by atoms with E-state index in [0.29, 0.717) is 20.8 Å². The van der Waals surface area contributed by atoms with Gasteiger partial charge in [0.25, 0.3) is 11.8 Å². The fraction of sp³-hybridized carbons (Fsp3) is 0.0833. The van der Waals surface area contributed by atoms with Crippen LogP contribution in [0.3, 0.4) is 0 Å². The molecule has 0 saturated heterocycles. The number of nitrogens with zero attached hydrogens (tertiary/aromatic N) is 1. The zero-order valence-corrected chi connectivity index (χ0v) is 11.9. The van der Waals surface area contributed by atoms with Crippen molar-refractivity contribution in [2.45, 2.75) is 6.92 Å². The number of hydrogen-bond acceptors (Lipinski definition) is 3. The summed E-state index contributed by atoms with van der Waals surface area (Å²) in [5, 5.41) is 5.11. The van der Waals surface area contributed by atoms with Crippen LogP contribution in [0.4, 0.5) is 11.6 Å². The monoisotopic (exact) mass is 357 g/mol. The van der Waals surface area contributed by atoms with Crippen molar-refractivity contribution in [1.29, 1.82) is 0 Å². The highest BCUT2D eigenvalue weighted by Gasteiger charge is 2.07. The highest BCUT2D eigenvalue weighted by molar-refractivity contribution is 14.1. The molecule has 94 valence electrons. The third-order valence-corrected chi connectivity index (χ3v) is 2.36. The minimum atomic E-state index is -0.327. The lowest BCUT2D eigenvalue weighted by Crippen LogP contribution is -2.15. The Kier molecular flexibility index (Phi) is 5.02. The largest absolute Gasteiger partial charge is 0.307 e. The van der Waals surface area contributed by atoms with Crippen LogP contribution in [0.15, 0.2) is 40.5 Å². The first-order valence-corrected chi connectivity index (χ1v) is 6.07. The van der Waals surface area contributed by atoms with Crippen LogP contribution >= 0.6 is 22.6 Å². The van der Waals surface area contributed by atoms with E-state index in [0.717, 1.165) is 0 Å². The number of aromatic nitrogens is 1. The smallest absolute Gasteiger partial charge is 0.262 e. The van der Waals surface area contributed by atoms with Gasteiger partial charge in [-0.1, -0.05) is 19.2 Å². The van der Waals surface area contributed by atoms with Gasteiger partial charge in [-0.15, -0.1) is 0 Å². The predicted molar refractivity (Wildman–Crippen MR) is 79.5 cm³/mol. The van der Waals surface area contributed by atoms with Gasteiger partial charge in [-0.2, -0.15) is 0 Å². The summed E-state index contributed by atoms with van der Waals surface area (Å²) in [4.78, 5) is 26.9. The molecule has 1 aromatic heterocycles. The number of hydrogen-bond donors (Lipinski definition) is 2. The predicted octanol–water partition coefficient (Wildman–Crippen LogP) is 2.48. The Morgan fingerprint density at radius 3 is 2.11 bits per heavy atom. The minimum Gasteiger partial charge on any atom is -0.307 e. The summed E-state index contributed by atoms with van der Waals surface area (Å²) in [6.45, 7) is 8.63. The van der Waals surface area contributed by atoms with Crippen LogP contribution in [-0.4, -0.2) is 16.8 Å². The molecular formula is C12H12IN3O2. The summed E-state index contributed by atoms with van der Waals surface area (Å²) in [7, 11) is 0. The standard InChI is InChI=1S/C12H12IN3O2/c1-7(2)11(17)15-9-5-4-6-10(14-9)16-12(18)8(3)13/h4-6H,1,3H2,2H3,(H2,14,15,16,17,18). The molecule has 5 nitrogen and oxygen atoms in total. The Morgan fingerprint density at radius 1 is 1.17 bits per heavy atom. The van der Waals surface area contributed by atoms with Crippen LogP contribution in [0, 0.1) is 0 Å². The minimum absolute atomic E-state index is 0.315. The van der Waals surface area contributed by atoms with Crippen molar-refractivity contribution in [2.75, 3.05) is 10.6 Å². The fourth-order valence-electron chi connectivity index (χ4n) is 0.981. The Hall–Kier alpha value is -1.70. The Morgan fingerprint density at radius 2 is 1.67 bits per heavy atom. The summed E-state index contributed by atoms with van der Waals surface area (Å²) in [6.07, 6.45) is 0. The van der Waals surface area contributed by atoms with E-state index in [-0.39, 0.29) is 11.8 Å². The molecule has 0 bridgehead atoms. The van der Waals surface area contributed by atoms with E-state index in [9.17, 15) is 9.59 Å². The second kappa shape index (κ2) is 6.29. The van der Waals surface area contributed by atoms with Crippen molar-refractivity contribution in [3.63, 3.8) is 0 Å². The van der Waals surface area contributed by atoms with Crippen LogP contribution in [-0.2, 0) is 9.59 Å². The first kappa shape index (κ1) is 14.4. The lowest BCUT2D eigenvalue weighted by Gasteiger charge is -2.07. The van der Waals surface area contributed by atoms with Gasteiger partial charge in [0, 0.05) is 5.57 Å². The molecule has 18 heavy (non-hydrogen) atoms. The molecule has 0 aliphatic rings. The molecular weight excluding hydrogens is 345 g/mol. The van der Waals surface area contributed by atoms with Gasteiger partial charge in [0.05, 0.1) is 3.58 Å². The Labute approximate surface area is 119 Å². The number of anilines is 2. The van der Waals surface area contributed by atoms with Crippen molar-refractivity contribution in [3.8, 4) is 0 Å². The number of halogens is 1. The van der Waals surface area contributed by atoms with Crippen molar-refractivity contribution in [1.82, 2.24) is 4.98 Å². The summed E-state index contributed by atoms with van der Waals surface area (Å²) in [5.41, 5.74) is 0.381. The number of amides is 2. The number of carbonyl (C=O) groups excluding carboxylic acids is 2. The van der Waals surface area contributed by atoms with Crippen LogP contribution in [0.2, 0.25) is 0 Å². The SMILES string of the molecule is C=C(C)C(=O)Nc1cccc(NC(=O)C(=C)I)n1. The van der Waals surface area contributed by atoms with Gasteiger partial charge in [-0.05, 0) is 41.6 Å². The molecule has 2 N–H and O–H groups in total. The van der Waals surface area contributed by atoms with Gasteiger partial charge in [0.15, 0.2) is 0 Å². The van der Waals surface area contributed by atoms with E-state index in [4.69, 9.17) is 0 Å². The van der Waals surface area contributed by atoms with Gasteiger partial charge in [0.1, 0.15) is 11.6 Å². The molecule has 0 aliphatic heterocycles. The maximum Gasteiger partial charge on any atom is 0.262 e. The van der Waals surface area contributed by atoms with Gasteiger partial charge < -0.3 is 10.6 Å². The van der Waals surface area contributed by atoms with Crippen molar-refractivity contribution >= 4 is 46.0 Å². The average Bonchev–Trinajstić information content (AvgIpc) is 2.29. The maximum atomic E-state index is 11.4. The summed E-state index contributed by atoms with van der Waals surface area (Å²) in [5.74, 6) is 0.0490. The van der Waals surface area contributed by atoms with E-state index in [1.807, 2.05) is 22.6 Å². The number of carbonyl (C=O) groups is 2. The van der Waals surface area contributed by atoms with E-state index >= 15 is 0 Å². The van der Waals surface area contributed by atoms with E-state index in [1.54, 1.807) is 25.1 Å². The van der Waals surface area contributed by atoms with Crippen LogP contribution in [0.1, 0.15) is 6.92 Å². The first-order chi connectivity index (χ1) is 8.40. The van der Waals surface area contributed by atoms with Crippen molar-refractivity contribution < 1.29 is 9.59 Å². The summed E-state index contributed by atoms with van der Waals surface area (Å²) in [6, 6.07) is 4.91. The third-order valence-electron chi connectivity index (χ3n) is 1.87. The van der Waals surface area contributed by atoms with Crippen molar-refractivity contribution in [2.24, 2.45) is 0 Å². The average molecular weight is 357 g/mol. The molecule has 6 heteroatoms. The highest BCUT2D eigenvalue weighted by atomic mass is 127. The third kappa shape index (κ3) is 4.28. The maximum absolute atomic E-state index is 11.4. The number of pyridine rings is 1. The molecule has 0 radical (unpaired) electrons. The van der Waals surface area contributed by atoms with Crippen LogP contribution in [0.25, 0.3) is 0 Å². The molecule has 1 aromatic rings. The highest BCUT2D eigenvalue weighted by Crippen LogP contribution is 2.12. The van der Waals surface area contributed by atoms with E-state index in [2.05, 4.69) is 28.8 Å². The fourth-order valence-corrected chi connectivity index (χ4v) is 1.12. The molecule has 0 aliphatic carbocycles. The summed E-state index contributed by atoms with van der Waals surface area (Å²) >= 11 is 1.82. The number of rotatable bonds is 4. The van der Waals surface area contributed by atoms with Crippen LogP contribution in [0.5, 0.6) is 0 Å². The first-order valence-electron chi connectivity index (χ1n) is 5.00. The quantitative estimate of drug-likeness (QED) is 0.643. The lowest BCUT2D eigenvalue weighted by atomic mass is 10.3. The van der Waals surface area contributed by atoms with Crippen molar-refractivity contribution in [3.05, 3.63) is 40.5 Å². The Bertz CT molecular complexity index is 483. The molecule has 0 unspecified atom stereocenters. The Balaban J connectivity index is 2.80. The normalized spacial score (nSPS) is 9.44. The van der Waals surface area contributed by atoms with E-state index in [1.165, 1.54) is 0 Å². The van der Waals surface area contributed by atoms with Gasteiger partial charge in [-0.25, -0.2) is 4.98 Å². The van der Waals surface area contributed by atoms with E-state index < -0.39 is 0 Å². The molecule has 0 aromatic carbocycles. The molecule has 1 rings (SSSR count). The van der Waals surface area contributed by atoms with Crippen LogP contribution < -0.4 is 10.6 Å².